The van der Waals surface area contributed by atoms with Crippen molar-refractivity contribution in [1.82, 2.24) is 15.4 Å². The summed E-state index contributed by atoms with van der Waals surface area (Å²) in [6.45, 7) is 14.0. The van der Waals surface area contributed by atoms with Gasteiger partial charge in [-0.3, -0.25) is 14.4 Å². The number of oxazole rings is 1. The second kappa shape index (κ2) is 17.8. The fraction of sp³-hybridized carbons (Fsp3) is 0.750. The third-order valence-corrected chi connectivity index (χ3v) is 11.9. The summed E-state index contributed by atoms with van der Waals surface area (Å²) in [5, 5.41) is 33.3. The van der Waals surface area contributed by atoms with Crippen LogP contribution in [0, 0.1) is 29.1 Å². The van der Waals surface area contributed by atoms with Crippen LogP contribution in [-0.4, -0.2) is 125 Å². The molecule has 0 amide bonds. The van der Waals surface area contributed by atoms with Gasteiger partial charge in [-0.15, -0.1) is 0 Å². The van der Waals surface area contributed by atoms with Crippen LogP contribution in [0.4, 0.5) is 6.01 Å². The van der Waals surface area contributed by atoms with Crippen molar-refractivity contribution in [3.05, 3.63) is 23.8 Å². The molecule has 3 aliphatic rings. The molecule has 1 aromatic carbocycles. The Balaban J connectivity index is 1.56. The molecule has 6 N–H and O–H groups in total. The minimum atomic E-state index is -1.77. The lowest BCUT2D eigenvalue weighted by Gasteiger charge is -2.47. The number of nitrogens with zero attached hydrogens (tertiary/aromatic N) is 2. The van der Waals surface area contributed by atoms with Gasteiger partial charge in [-0.2, -0.15) is 10.5 Å². The Morgan fingerprint density at radius 3 is 2.50 bits per heavy atom. The number of ketones is 1. The largest absolute Gasteiger partial charge is 0.459 e. The number of anilines is 1. The van der Waals surface area contributed by atoms with Gasteiger partial charge in [-0.1, -0.05) is 33.8 Å². The van der Waals surface area contributed by atoms with Crippen LogP contribution < -0.4 is 11.2 Å². The van der Waals surface area contributed by atoms with Gasteiger partial charge in [0.05, 0.1) is 49.8 Å². The Hall–Kier alpha value is -3.06. The number of aliphatic hydroxyl groups excluding tert-OH is 1. The zero-order valence-electron chi connectivity index (χ0n) is 34.4. The molecule has 1 aromatic heterocycles. The number of hydroxylamine groups is 1. The summed E-state index contributed by atoms with van der Waals surface area (Å²) in [7, 11) is 3.75. The number of nitrogens with one attached hydrogen (secondary N) is 2. The first kappa shape index (κ1) is 44.1. The van der Waals surface area contributed by atoms with E-state index in [-0.39, 0.29) is 56.5 Å². The smallest absolute Gasteiger partial charge is 0.316 e. The van der Waals surface area contributed by atoms with Crippen LogP contribution in [0.2, 0.25) is 0 Å². The molecule has 0 aliphatic carbocycles. The maximum absolute atomic E-state index is 14.4. The zero-order valence-corrected chi connectivity index (χ0v) is 34.4. The highest BCUT2D eigenvalue weighted by Crippen LogP contribution is 2.40. The number of aliphatic hydroxyl groups is 2. The number of cyclic esters (lactones) is 1. The molecule has 16 heteroatoms. The zero-order chi connectivity index (χ0) is 41.3. The van der Waals surface area contributed by atoms with E-state index < -0.39 is 83.4 Å². The van der Waals surface area contributed by atoms with Gasteiger partial charge in [0.15, 0.2) is 17.7 Å². The van der Waals surface area contributed by atoms with Gasteiger partial charge in [0.2, 0.25) is 0 Å². The summed E-state index contributed by atoms with van der Waals surface area (Å²) >= 11 is 0. The summed E-state index contributed by atoms with van der Waals surface area (Å²) in [4.78, 5) is 40.3. The lowest BCUT2D eigenvalue weighted by Crippen LogP contribution is -2.60. The van der Waals surface area contributed by atoms with E-state index >= 15 is 0 Å². The molecule has 0 radical (unpaired) electrons. The Labute approximate surface area is 329 Å². The van der Waals surface area contributed by atoms with Gasteiger partial charge < -0.3 is 54.4 Å². The number of nitrogens with two attached hydrogens (primary N) is 1. The number of benzene rings is 1. The highest BCUT2D eigenvalue weighted by atomic mass is 16.7. The molecule has 16 nitrogen and oxygen atoms in total. The minimum absolute atomic E-state index is 0.0214. The Kier molecular flexibility index (Phi) is 14.0. The van der Waals surface area contributed by atoms with Crippen molar-refractivity contribution in [2.75, 3.05) is 33.0 Å². The predicted octanol–water partition coefficient (Wildman–Crippen LogP) is 3.39. The molecule has 4 heterocycles. The van der Waals surface area contributed by atoms with E-state index in [2.05, 4.69) is 10.5 Å². The quantitative estimate of drug-likeness (QED) is 0.147. The summed E-state index contributed by atoms with van der Waals surface area (Å²) < 4.78 is 37.7. The number of hydrogen-bond donors (Lipinski definition) is 5. The second-order valence-corrected chi connectivity index (χ2v) is 16.8. The molecule has 0 spiro atoms. The van der Waals surface area contributed by atoms with E-state index in [1.54, 1.807) is 32.9 Å². The van der Waals surface area contributed by atoms with E-state index in [0.717, 1.165) is 5.56 Å². The fourth-order valence-electron chi connectivity index (χ4n) is 8.65. The number of ether oxygens (including phenoxy) is 5. The van der Waals surface area contributed by atoms with Gasteiger partial charge in [0.25, 0.3) is 6.01 Å². The highest BCUT2D eigenvalue weighted by molar-refractivity contribution is 6.00. The number of likely N-dealkylation sites (N-methyl/N-ethyl adjacent to an activating group) is 1. The fourth-order valence-corrected chi connectivity index (χ4v) is 8.65. The van der Waals surface area contributed by atoms with Crippen molar-refractivity contribution < 1.29 is 52.7 Å². The average molecular weight is 790 g/mol. The third-order valence-electron chi connectivity index (χ3n) is 11.9. The molecular weight excluding hydrogens is 726 g/mol. The Bertz CT molecular complexity index is 1690. The summed E-state index contributed by atoms with van der Waals surface area (Å²) in [5.41, 5.74) is 7.92. The van der Waals surface area contributed by atoms with Crippen LogP contribution in [-0.2, 0) is 44.7 Å². The number of fused-ring (bicyclic) bond motifs is 6. The van der Waals surface area contributed by atoms with Gasteiger partial charge in [-0.25, -0.2) is 0 Å². The molecule has 1 unspecified atom stereocenters. The summed E-state index contributed by atoms with van der Waals surface area (Å²) in [5.74, 6) is -4.58. The number of esters is 1. The maximum Gasteiger partial charge on any atom is 0.316 e. The van der Waals surface area contributed by atoms with Gasteiger partial charge in [0, 0.05) is 23.6 Å². The van der Waals surface area contributed by atoms with E-state index in [0.29, 0.717) is 17.5 Å². The highest BCUT2D eigenvalue weighted by Gasteiger charge is 2.53. The van der Waals surface area contributed by atoms with Crippen LogP contribution in [0.3, 0.4) is 0 Å². The number of carbonyl (C=O) groups excluding carboxylic acids is 2. The van der Waals surface area contributed by atoms with Crippen LogP contribution in [0.25, 0.3) is 11.1 Å². The summed E-state index contributed by atoms with van der Waals surface area (Å²) in [6, 6.07) is 4.51. The standard InChI is InChI=1S/C40H63N5O11/c1-11-30-40(8,49)35-22(4)31(41)20(2)16-39(7,51-19-26(18-50-35)44-52-17-25-12-13-29-27(15-25)43-38(42)54-29)34(23(5)32(46)24(6)36(48)55-30)56-37-33(47)28(45(9)10)14-21(3)53-37/h12-13,15,20-24,26,28,30,33-35,37,41,44,47,49H,11,14,16-19H2,1-10H3,(H2,42,43)/t20-,21-,22+,23+,24-,26?,28+,30-,33-,34-,35-,37+,39-,40-/m1/s1. The van der Waals surface area contributed by atoms with Crippen LogP contribution >= 0.6 is 0 Å². The number of Topliss-reactive ketones (excluding diaryl/α,β-unsaturated/α-hetero) is 1. The normalized spacial score (nSPS) is 39.6. The van der Waals surface area contributed by atoms with Crippen molar-refractivity contribution in [3.8, 4) is 0 Å². The van der Waals surface area contributed by atoms with E-state index in [1.807, 2.05) is 52.8 Å². The first-order valence-corrected chi connectivity index (χ1v) is 19.7. The van der Waals surface area contributed by atoms with Crippen molar-refractivity contribution in [3.63, 3.8) is 0 Å². The van der Waals surface area contributed by atoms with Crippen LogP contribution in [0.1, 0.15) is 80.2 Å². The van der Waals surface area contributed by atoms with Crippen molar-refractivity contribution in [2.24, 2.45) is 23.7 Å². The average Bonchev–Trinajstić information content (AvgIpc) is 3.52. The molecule has 5 rings (SSSR count). The molecule has 3 saturated heterocycles. The van der Waals surface area contributed by atoms with Crippen LogP contribution in [0.5, 0.6) is 0 Å². The number of hydrogen-bond acceptors (Lipinski definition) is 16. The molecule has 3 fully saturated rings. The molecule has 3 aliphatic heterocycles. The van der Waals surface area contributed by atoms with Crippen molar-refractivity contribution >= 4 is 34.6 Å². The molecule has 2 aromatic rings. The SMILES string of the molecule is CC[C@H]1OC(=O)[C@H](C)C(=O)[C@H](C)[C@@H](O[C@@H]2O[C@H](C)C[C@H](N(C)C)[C@H]2O)[C@@]2(C)C[C@@H](C)C(=N)[C@H](C)[C@@H](OCC(NOCc3ccc4oc(N)nc4c3)CO2)[C@]1(C)O. The number of nitrogen functional groups attached to an aromatic ring is 1. The van der Waals surface area contributed by atoms with E-state index in [4.69, 9.17) is 38.7 Å². The van der Waals surface area contributed by atoms with Gasteiger partial charge in [0.1, 0.15) is 29.2 Å². The lowest BCUT2D eigenvalue weighted by atomic mass is 9.74. The van der Waals surface area contributed by atoms with E-state index in [1.165, 1.54) is 6.92 Å². The number of rotatable bonds is 8. The molecule has 14 atom stereocenters. The molecule has 2 bridgehead atoms. The van der Waals surface area contributed by atoms with Gasteiger partial charge in [-0.05, 0) is 84.7 Å². The van der Waals surface area contributed by atoms with Gasteiger partial charge >= 0.3 is 5.97 Å². The predicted molar refractivity (Wildman–Crippen MR) is 206 cm³/mol. The first-order valence-electron chi connectivity index (χ1n) is 19.7. The summed E-state index contributed by atoms with van der Waals surface area (Å²) in [6.07, 6.45) is -4.66. The lowest BCUT2D eigenvalue weighted by molar-refractivity contribution is -0.298. The van der Waals surface area contributed by atoms with E-state index in [9.17, 15) is 25.2 Å². The topological polar surface area (TPSA) is 221 Å². The Morgan fingerprint density at radius 2 is 1.82 bits per heavy atom. The molecule has 56 heavy (non-hydrogen) atoms. The molecule has 0 saturated carbocycles. The maximum atomic E-state index is 14.4. The minimum Gasteiger partial charge on any atom is -0.459 e. The Morgan fingerprint density at radius 1 is 1.11 bits per heavy atom. The second-order valence-electron chi connectivity index (χ2n) is 16.8. The monoisotopic (exact) mass is 789 g/mol. The van der Waals surface area contributed by atoms with Crippen molar-refractivity contribution in [2.45, 2.75) is 141 Å². The first-order chi connectivity index (χ1) is 26.3. The number of aromatic nitrogens is 1. The van der Waals surface area contributed by atoms with Crippen LogP contribution in [0.15, 0.2) is 22.6 Å². The number of carbonyl (C=O) groups is 2. The molecule has 314 valence electrons. The molecular formula is C40H63N5O11. The van der Waals surface area contributed by atoms with Crippen molar-refractivity contribution in [1.29, 1.82) is 5.41 Å². The third kappa shape index (κ3) is 9.45.